The number of nitrogens with two attached hydrogens (primary N) is 2. The van der Waals surface area contributed by atoms with E-state index in [1.807, 2.05) is 6.07 Å². The molecule has 0 aromatic carbocycles. The summed E-state index contributed by atoms with van der Waals surface area (Å²) in [4.78, 5) is 32.2. The molecule has 1 amide bonds. The zero-order valence-corrected chi connectivity index (χ0v) is 17.2. The van der Waals surface area contributed by atoms with Gasteiger partial charge in [-0.15, -0.1) is 0 Å². The third-order valence-corrected chi connectivity index (χ3v) is 5.07. The molecule has 0 aliphatic carbocycles. The average Bonchev–Trinajstić information content (AvgIpc) is 2.79. The van der Waals surface area contributed by atoms with E-state index in [1.54, 1.807) is 30.7 Å². The standard InChI is InChI=1S/C21H24N8O2/c1-31-19-11-25-9-16(26-19)15-5-4-14(23)20(27-15)21(30)28-17-10-24-7-6-18(17)29-8-2-3-13(22)12-29/h4-7,9-11,13H,2-3,8,12,22-23H2,1H3,(H,28,30)/t13-/m0/s1. The minimum Gasteiger partial charge on any atom is -0.480 e. The maximum absolute atomic E-state index is 13.1. The van der Waals surface area contributed by atoms with Crippen molar-refractivity contribution in [3.05, 3.63) is 48.7 Å². The molecule has 4 rings (SSSR count). The number of carbonyl (C=O) groups is 1. The summed E-state index contributed by atoms with van der Waals surface area (Å²) in [6.45, 7) is 1.59. The molecule has 10 heteroatoms. The molecule has 1 aliphatic rings. The van der Waals surface area contributed by atoms with E-state index in [0.29, 0.717) is 23.0 Å². The average molecular weight is 420 g/mol. The summed E-state index contributed by atoms with van der Waals surface area (Å²) in [7, 11) is 1.50. The van der Waals surface area contributed by atoms with Gasteiger partial charge in [-0.05, 0) is 31.0 Å². The molecule has 1 fully saturated rings. The second kappa shape index (κ2) is 8.92. The Morgan fingerprint density at radius 1 is 1.16 bits per heavy atom. The fourth-order valence-electron chi connectivity index (χ4n) is 3.53. The van der Waals surface area contributed by atoms with Gasteiger partial charge < -0.3 is 26.4 Å². The van der Waals surface area contributed by atoms with Crippen LogP contribution in [0.1, 0.15) is 23.3 Å². The Balaban J connectivity index is 1.61. The molecule has 5 N–H and O–H groups in total. The molecule has 10 nitrogen and oxygen atoms in total. The van der Waals surface area contributed by atoms with Crippen molar-refractivity contribution >= 4 is 23.0 Å². The molecular weight excluding hydrogens is 396 g/mol. The van der Waals surface area contributed by atoms with E-state index in [-0.39, 0.29) is 17.4 Å². The largest absolute Gasteiger partial charge is 0.480 e. The smallest absolute Gasteiger partial charge is 0.276 e. The second-order valence-electron chi connectivity index (χ2n) is 7.28. The fraction of sp³-hybridized carbons (Fsp3) is 0.286. The topological polar surface area (TPSA) is 145 Å². The van der Waals surface area contributed by atoms with Crippen LogP contribution in [0.4, 0.5) is 17.1 Å². The molecule has 0 spiro atoms. The Morgan fingerprint density at radius 3 is 2.84 bits per heavy atom. The number of anilines is 3. The van der Waals surface area contributed by atoms with Crippen LogP contribution in [0.15, 0.2) is 43.0 Å². The molecule has 1 saturated heterocycles. The number of methoxy groups -OCH3 is 1. The first kappa shape index (κ1) is 20.5. The van der Waals surface area contributed by atoms with Gasteiger partial charge in [0, 0.05) is 25.3 Å². The van der Waals surface area contributed by atoms with Crippen LogP contribution < -0.4 is 26.4 Å². The quantitative estimate of drug-likeness (QED) is 0.561. The van der Waals surface area contributed by atoms with Crippen molar-refractivity contribution in [2.75, 3.05) is 36.1 Å². The first-order chi connectivity index (χ1) is 15.0. The number of pyridine rings is 2. The summed E-state index contributed by atoms with van der Waals surface area (Å²) in [5.74, 6) is -0.0902. The molecule has 3 aromatic heterocycles. The lowest BCUT2D eigenvalue weighted by Crippen LogP contribution is -2.43. The van der Waals surface area contributed by atoms with Crippen molar-refractivity contribution < 1.29 is 9.53 Å². The van der Waals surface area contributed by atoms with Crippen LogP contribution in [-0.4, -0.2) is 52.1 Å². The zero-order valence-electron chi connectivity index (χ0n) is 17.2. The zero-order chi connectivity index (χ0) is 21.8. The Hall–Kier alpha value is -3.79. The highest BCUT2D eigenvalue weighted by molar-refractivity contribution is 6.07. The van der Waals surface area contributed by atoms with E-state index >= 15 is 0 Å². The van der Waals surface area contributed by atoms with Gasteiger partial charge in [-0.25, -0.2) is 9.97 Å². The summed E-state index contributed by atoms with van der Waals surface area (Å²) in [5, 5.41) is 2.89. The molecular formula is C21H24N8O2. The third-order valence-electron chi connectivity index (χ3n) is 5.07. The monoisotopic (exact) mass is 420 g/mol. The van der Waals surface area contributed by atoms with Crippen LogP contribution in [0.25, 0.3) is 11.4 Å². The minimum atomic E-state index is -0.439. The lowest BCUT2D eigenvalue weighted by Gasteiger charge is -2.33. The molecule has 1 atom stereocenters. The van der Waals surface area contributed by atoms with Gasteiger partial charge in [-0.2, -0.15) is 0 Å². The number of nitrogens with zero attached hydrogens (tertiary/aromatic N) is 5. The van der Waals surface area contributed by atoms with E-state index in [2.05, 4.69) is 30.2 Å². The Morgan fingerprint density at radius 2 is 2.03 bits per heavy atom. The van der Waals surface area contributed by atoms with Crippen molar-refractivity contribution in [1.82, 2.24) is 19.9 Å². The number of piperidine rings is 1. The van der Waals surface area contributed by atoms with E-state index < -0.39 is 5.91 Å². The van der Waals surface area contributed by atoms with Gasteiger partial charge in [0.05, 0.1) is 48.5 Å². The summed E-state index contributed by atoms with van der Waals surface area (Å²) in [5.41, 5.74) is 14.9. The molecule has 0 saturated carbocycles. The van der Waals surface area contributed by atoms with Gasteiger partial charge >= 0.3 is 0 Å². The summed E-state index contributed by atoms with van der Waals surface area (Å²) < 4.78 is 5.11. The number of nitrogen functional groups attached to an aromatic ring is 1. The van der Waals surface area contributed by atoms with Crippen molar-refractivity contribution in [1.29, 1.82) is 0 Å². The van der Waals surface area contributed by atoms with Crippen LogP contribution in [0, 0.1) is 0 Å². The SMILES string of the molecule is COc1cncc(-c2ccc(N)c(C(=O)Nc3cnccc3N3CCC[C@H](N)C3)n2)n1. The number of nitrogens with one attached hydrogen (secondary N) is 1. The molecule has 0 unspecified atom stereocenters. The highest BCUT2D eigenvalue weighted by atomic mass is 16.5. The maximum Gasteiger partial charge on any atom is 0.276 e. The molecule has 4 heterocycles. The van der Waals surface area contributed by atoms with Gasteiger partial charge in [0.25, 0.3) is 5.91 Å². The van der Waals surface area contributed by atoms with E-state index in [4.69, 9.17) is 16.2 Å². The van der Waals surface area contributed by atoms with Crippen LogP contribution in [0.5, 0.6) is 5.88 Å². The number of ether oxygens (including phenoxy) is 1. The molecule has 0 bridgehead atoms. The van der Waals surface area contributed by atoms with Gasteiger partial charge in [-0.1, -0.05) is 0 Å². The molecule has 160 valence electrons. The van der Waals surface area contributed by atoms with Crippen molar-refractivity contribution in [3.63, 3.8) is 0 Å². The van der Waals surface area contributed by atoms with Gasteiger partial charge in [0.1, 0.15) is 5.69 Å². The Bertz CT molecular complexity index is 1090. The van der Waals surface area contributed by atoms with Gasteiger partial charge in [-0.3, -0.25) is 14.8 Å². The van der Waals surface area contributed by atoms with Crippen molar-refractivity contribution in [3.8, 4) is 17.3 Å². The second-order valence-corrected chi connectivity index (χ2v) is 7.28. The predicted octanol–water partition coefficient (Wildman–Crippen LogP) is 1.70. The van der Waals surface area contributed by atoms with Crippen LogP contribution in [-0.2, 0) is 0 Å². The summed E-state index contributed by atoms with van der Waals surface area (Å²) in [6.07, 6.45) is 8.33. The van der Waals surface area contributed by atoms with Crippen LogP contribution in [0.2, 0.25) is 0 Å². The van der Waals surface area contributed by atoms with E-state index in [9.17, 15) is 4.79 Å². The van der Waals surface area contributed by atoms with E-state index in [0.717, 1.165) is 31.6 Å². The number of carbonyl (C=O) groups excluding carboxylic acids is 1. The highest BCUT2D eigenvalue weighted by Gasteiger charge is 2.21. The highest BCUT2D eigenvalue weighted by Crippen LogP contribution is 2.28. The lowest BCUT2D eigenvalue weighted by molar-refractivity contribution is 0.102. The maximum atomic E-state index is 13.1. The third kappa shape index (κ3) is 4.53. The van der Waals surface area contributed by atoms with Crippen LogP contribution in [0.3, 0.4) is 0 Å². The number of hydrogen-bond donors (Lipinski definition) is 3. The molecule has 31 heavy (non-hydrogen) atoms. The summed E-state index contributed by atoms with van der Waals surface area (Å²) >= 11 is 0. The van der Waals surface area contributed by atoms with Gasteiger partial charge in [0.15, 0.2) is 5.69 Å². The Labute approximate surface area is 179 Å². The first-order valence-electron chi connectivity index (χ1n) is 9.94. The molecule has 3 aromatic rings. The molecule has 1 aliphatic heterocycles. The lowest BCUT2D eigenvalue weighted by atomic mass is 10.1. The Kier molecular flexibility index (Phi) is 5.89. The predicted molar refractivity (Wildman–Crippen MR) is 118 cm³/mol. The van der Waals surface area contributed by atoms with Crippen molar-refractivity contribution in [2.45, 2.75) is 18.9 Å². The minimum absolute atomic E-state index is 0.0901. The number of hydrogen-bond acceptors (Lipinski definition) is 9. The normalized spacial score (nSPS) is 16.1. The fourth-order valence-corrected chi connectivity index (χ4v) is 3.53. The number of aromatic nitrogens is 4. The summed E-state index contributed by atoms with van der Waals surface area (Å²) in [6, 6.07) is 5.27. The first-order valence-corrected chi connectivity index (χ1v) is 9.94. The van der Waals surface area contributed by atoms with E-state index in [1.165, 1.54) is 13.3 Å². The van der Waals surface area contributed by atoms with Gasteiger partial charge in [0.2, 0.25) is 5.88 Å². The van der Waals surface area contributed by atoms with Crippen molar-refractivity contribution in [2.24, 2.45) is 5.73 Å². The number of rotatable bonds is 5. The van der Waals surface area contributed by atoms with Crippen LogP contribution >= 0.6 is 0 Å². The molecule has 0 radical (unpaired) electrons. The number of amides is 1.